The second-order valence-electron chi connectivity index (χ2n) is 28.1. The van der Waals surface area contributed by atoms with Crippen LogP contribution in [0.3, 0.4) is 0 Å². The first-order valence-electron chi connectivity index (χ1n) is 36.7. The molecular formula is C79H123F5N2O15. The Bertz CT molecular complexity index is 2760. The minimum absolute atomic E-state index is 0.00172. The van der Waals surface area contributed by atoms with Crippen LogP contribution in [0.2, 0.25) is 0 Å². The van der Waals surface area contributed by atoms with Crippen molar-refractivity contribution in [1.29, 1.82) is 0 Å². The summed E-state index contributed by atoms with van der Waals surface area (Å²) in [6.45, 7) is 23.9. The van der Waals surface area contributed by atoms with Gasteiger partial charge in [-0.1, -0.05) is 196 Å². The van der Waals surface area contributed by atoms with Crippen molar-refractivity contribution in [2.75, 3.05) is 6.54 Å². The molecule has 0 spiro atoms. The molecule has 0 radical (unpaired) electrons. The van der Waals surface area contributed by atoms with Crippen LogP contribution in [0.25, 0.3) is 0 Å². The van der Waals surface area contributed by atoms with Gasteiger partial charge in [0.1, 0.15) is 36.2 Å². The van der Waals surface area contributed by atoms with E-state index in [9.17, 15) is 60.3 Å². The molecular weight excluding hydrogens is 1310 g/mol. The molecule has 17 nitrogen and oxygen atoms in total. The SMILES string of the molecule is CC(C)(C)OC(=O)CCCCCCCCCCCCCCC(=O)C[C@@H](CCC(=O)O)C(=O)OCc1ccccc1.CC(C)(C)OC(=O)CCCCCCCCCCCCCCC(=O)Oc1c(F)c(F)c(F)c(F)c1F.CCN(C(C)C)C(C)C.N[C@@H](CCC(=O)O)C(=O)OCc1ccccc1. The summed E-state index contributed by atoms with van der Waals surface area (Å²) in [4.78, 5) is 95.2. The lowest BCUT2D eigenvalue weighted by atomic mass is 9.94. The van der Waals surface area contributed by atoms with Gasteiger partial charge in [0.15, 0.2) is 0 Å². The van der Waals surface area contributed by atoms with Crippen LogP contribution in [-0.4, -0.2) is 98.6 Å². The van der Waals surface area contributed by atoms with Crippen molar-refractivity contribution < 1.29 is 94.2 Å². The number of carboxylic acid groups (broad SMARTS) is 2. The lowest BCUT2D eigenvalue weighted by molar-refractivity contribution is -0.156. The minimum atomic E-state index is -2.30. The second-order valence-corrected chi connectivity index (χ2v) is 28.1. The van der Waals surface area contributed by atoms with Gasteiger partial charge in [0.25, 0.3) is 0 Å². The molecule has 0 saturated heterocycles. The number of esters is 5. The molecule has 3 rings (SSSR count). The molecule has 3 aromatic rings. The van der Waals surface area contributed by atoms with Crippen LogP contribution in [-0.2, 0) is 70.5 Å². The molecule has 0 fully saturated rings. The van der Waals surface area contributed by atoms with Gasteiger partial charge in [-0.3, -0.25) is 43.3 Å². The van der Waals surface area contributed by atoms with Gasteiger partial charge in [0, 0.05) is 57.0 Å². The number of carbonyl (C=O) groups excluding carboxylic acids is 6. The van der Waals surface area contributed by atoms with E-state index < -0.39 is 87.8 Å². The highest BCUT2D eigenvalue weighted by molar-refractivity contribution is 5.85. The summed E-state index contributed by atoms with van der Waals surface area (Å²) in [5.41, 5.74) is 6.38. The van der Waals surface area contributed by atoms with Crippen molar-refractivity contribution >= 4 is 47.6 Å². The van der Waals surface area contributed by atoms with Crippen LogP contribution >= 0.6 is 0 Å². The Morgan fingerprint density at radius 3 is 1.05 bits per heavy atom. The predicted molar refractivity (Wildman–Crippen MR) is 383 cm³/mol. The van der Waals surface area contributed by atoms with Crippen LogP contribution in [0, 0.1) is 35.0 Å². The number of nitrogens with two attached hydrogens (primary N) is 1. The average Bonchev–Trinajstić information content (AvgIpc) is 0.799. The Morgan fingerprint density at radius 1 is 0.426 bits per heavy atom. The van der Waals surface area contributed by atoms with Crippen LogP contribution in [0.1, 0.15) is 299 Å². The third kappa shape index (κ3) is 51.1. The molecule has 574 valence electrons. The molecule has 3 aromatic carbocycles. The summed E-state index contributed by atoms with van der Waals surface area (Å²) in [7, 11) is 0. The van der Waals surface area contributed by atoms with E-state index in [0.717, 1.165) is 120 Å². The first-order valence-corrected chi connectivity index (χ1v) is 36.7. The van der Waals surface area contributed by atoms with E-state index in [0.29, 0.717) is 44.2 Å². The molecule has 0 unspecified atom stereocenters. The lowest BCUT2D eigenvalue weighted by Crippen LogP contribution is -2.36. The fourth-order valence-electron chi connectivity index (χ4n) is 10.7. The number of Topliss-reactive ketones (excluding diaryl/α,β-unsaturated/α-hetero) is 1. The normalized spacial score (nSPS) is 11.8. The zero-order valence-corrected chi connectivity index (χ0v) is 62.7. The number of hydrogen-bond donors (Lipinski definition) is 3. The third-order valence-electron chi connectivity index (χ3n) is 15.9. The predicted octanol–water partition coefficient (Wildman–Crippen LogP) is 19.1. The highest BCUT2D eigenvalue weighted by Crippen LogP contribution is 2.30. The molecule has 101 heavy (non-hydrogen) atoms. The number of hydrogen-bond acceptors (Lipinski definition) is 15. The zero-order valence-electron chi connectivity index (χ0n) is 62.7. The van der Waals surface area contributed by atoms with Crippen LogP contribution < -0.4 is 10.5 Å². The number of carbonyl (C=O) groups is 8. The van der Waals surface area contributed by atoms with Crippen molar-refractivity contribution in [1.82, 2.24) is 4.90 Å². The lowest BCUT2D eigenvalue weighted by Gasteiger charge is -2.28. The largest absolute Gasteiger partial charge is 0.481 e. The van der Waals surface area contributed by atoms with Gasteiger partial charge in [0.05, 0.1) is 5.92 Å². The van der Waals surface area contributed by atoms with Gasteiger partial charge in [-0.05, 0) is 125 Å². The first-order chi connectivity index (χ1) is 47.7. The molecule has 0 aliphatic heterocycles. The van der Waals surface area contributed by atoms with Crippen LogP contribution in [0.15, 0.2) is 60.7 Å². The van der Waals surface area contributed by atoms with E-state index in [2.05, 4.69) is 44.3 Å². The summed E-state index contributed by atoms with van der Waals surface area (Å²) in [5.74, 6) is -17.5. The number of rotatable bonds is 48. The third-order valence-corrected chi connectivity index (χ3v) is 15.9. The number of ketones is 1. The number of aliphatic carboxylic acids is 2. The second kappa shape index (κ2) is 55.8. The quantitative estimate of drug-likeness (QED) is 0.00903. The van der Waals surface area contributed by atoms with Crippen molar-refractivity contribution in [3.63, 3.8) is 0 Å². The maximum absolute atomic E-state index is 13.5. The van der Waals surface area contributed by atoms with E-state index in [1.165, 1.54) is 38.5 Å². The van der Waals surface area contributed by atoms with Gasteiger partial charge < -0.3 is 39.6 Å². The number of nitrogens with zero attached hydrogens (tertiary/aromatic N) is 1. The molecule has 2 atom stereocenters. The molecule has 22 heteroatoms. The Labute approximate surface area is 599 Å². The molecule has 4 N–H and O–H groups in total. The van der Waals surface area contributed by atoms with Crippen molar-refractivity contribution in [3.8, 4) is 5.75 Å². The fourth-order valence-corrected chi connectivity index (χ4v) is 10.7. The van der Waals surface area contributed by atoms with Crippen molar-refractivity contribution in [2.45, 2.75) is 331 Å². The summed E-state index contributed by atoms with van der Waals surface area (Å²) < 4.78 is 91.6. The van der Waals surface area contributed by atoms with Gasteiger partial charge >= 0.3 is 41.8 Å². The first kappa shape index (κ1) is 94.2. The maximum Gasteiger partial charge on any atom is 0.323 e. The fraction of sp³-hybridized carbons (Fsp3) is 0.671. The summed E-state index contributed by atoms with van der Waals surface area (Å²) in [5, 5.41) is 17.5. The maximum atomic E-state index is 13.5. The van der Waals surface area contributed by atoms with Crippen LogP contribution in [0.4, 0.5) is 22.0 Å². The molecule has 0 aliphatic rings. The topological polar surface area (TPSA) is 252 Å². The minimum Gasteiger partial charge on any atom is -0.481 e. The summed E-state index contributed by atoms with van der Waals surface area (Å²) >= 11 is 0. The van der Waals surface area contributed by atoms with Crippen LogP contribution in [0.5, 0.6) is 5.75 Å². The van der Waals surface area contributed by atoms with Crippen molar-refractivity contribution in [2.24, 2.45) is 11.7 Å². The Morgan fingerprint density at radius 2 is 0.733 bits per heavy atom. The smallest absolute Gasteiger partial charge is 0.323 e. The summed E-state index contributed by atoms with van der Waals surface area (Å²) in [6.07, 6.45) is 26.0. The standard InChI is InChI=1S/C33H52O7.C26H37F5O4.C12H15NO4.C8H19N/c1-33(2,3)40-31(37)22-18-13-11-9-7-5-4-6-8-10-12-17-21-29(34)25-28(23-24-30(35)36)32(38)39-26-27-19-15-14-16-20-27;1-26(2,3)35-19(33)17-15-13-11-9-7-5-4-6-8-10-12-14-16-18(32)34-25-23(30)21(28)20(27)22(29)24(25)31;13-10(6-7-11(14)15)12(16)17-8-9-4-2-1-3-5-9;1-6-9(7(2)3)8(4)5/h14-16,19-20,28H,4-13,17-18,21-26H2,1-3H3,(H,35,36);4-17H2,1-3H3;1-5,10H,6-8,13H2,(H,14,15);7-8H,6H2,1-5H3/t28-;;10-;/m1.0./s1. The zero-order chi connectivity index (χ0) is 76.2. The Hall–Kier alpha value is -6.81. The molecule has 0 aromatic heterocycles. The Kier molecular flexibility index (Phi) is 52.0. The molecule has 0 amide bonds. The average molecular weight is 1440 g/mol. The van der Waals surface area contributed by atoms with Crippen molar-refractivity contribution in [3.05, 3.63) is 101 Å². The number of carboxylic acids is 2. The molecule has 0 heterocycles. The highest BCUT2D eigenvalue weighted by Gasteiger charge is 2.29. The van der Waals surface area contributed by atoms with E-state index in [1.54, 1.807) is 0 Å². The Balaban J connectivity index is 0.00000148. The van der Waals surface area contributed by atoms with E-state index in [1.807, 2.05) is 102 Å². The van der Waals surface area contributed by atoms with Gasteiger partial charge in [-0.15, -0.1) is 0 Å². The monoisotopic (exact) mass is 1430 g/mol. The van der Waals surface area contributed by atoms with E-state index in [-0.39, 0.29) is 69.5 Å². The highest BCUT2D eigenvalue weighted by atomic mass is 19.2. The van der Waals surface area contributed by atoms with Gasteiger partial charge in [-0.2, -0.15) is 8.78 Å². The summed E-state index contributed by atoms with van der Waals surface area (Å²) in [6, 6.07) is 19.0. The molecule has 0 aliphatic carbocycles. The number of unbranched alkanes of at least 4 members (excludes halogenated alkanes) is 22. The number of halogens is 5. The van der Waals surface area contributed by atoms with E-state index in [4.69, 9.17) is 34.9 Å². The van der Waals surface area contributed by atoms with Gasteiger partial charge in [0.2, 0.25) is 34.8 Å². The van der Waals surface area contributed by atoms with Gasteiger partial charge in [-0.25, -0.2) is 13.2 Å². The number of benzene rings is 3. The number of ether oxygens (including phenoxy) is 5. The molecule has 0 bridgehead atoms. The molecule has 0 saturated carbocycles. The van der Waals surface area contributed by atoms with E-state index >= 15 is 0 Å².